The van der Waals surface area contributed by atoms with Gasteiger partial charge in [-0.1, -0.05) is 30.3 Å². The van der Waals surface area contributed by atoms with Gasteiger partial charge in [-0.3, -0.25) is 9.59 Å². The maximum Gasteiger partial charge on any atom is 0.264 e. The largest absolute Gasteiger partial charge is 0.494 e. The van der Waals surface area contributed by atoms with E-state index in [0.717, 1.165) is 11.3 Å². The fourth-order valence-corrected chi connectivity index (χ4v) is 3.24. The average Bonchev–Trinajstić information content (AvgIpc) is 2.79. The number of rotatable bonds is 6. The van der Waals surface area contributed by atoms with E-state index in [2.05, 4.69) is 0 Å². The highest BCUT2D eigenvalue weighted by Crippen LogP contribution is 2.43. The summed E-state index contributed by atoms with van der Waals surface area (Å²) in [6.45, 7) is 4.21. The maximum atomic E-state index is 12.9. The van der Waals surface area contributed by atoms with E-state index in [1.165, 1.54) is 11.8 Å². The van der Waals surface area contributed by atoms with Crippen LogP contribution in [0.5, 0.6) is 5.75 Å². The van der Waals surface area contributed by atoms with Crippen LogP contribution in [-0.2, 0) is 21.7 Å². The first-order chi connectivity index (χ1) is 12.0. The standard InChI is InChI=1S/C20H21NO4/c1-3-25-16-10-8-15(9-11-16)13-21-18-7-5-4-6-17(18)20(24,19(21)23)12-14(2)22/h4-11,24H,3,12-13H2,1-2H3. The second kappa shape index (κ2) is 6.69. The van der Waals surface area contributed by atoms with Crippen molar-refractivity contribution in [2.75, 3.05) is 11.5 Å². The highest BCUT2D eigenvalue weighted by atomic mass is 16.5. The number of para-hydroxylation sites is 1. The lowest BCUT2D eigenvalue weighted by Crippen LogP contribution is -2.41. The number of fused-ring (bicyclic) bond motifs is 1. The van der Waals surface area contributed by atoms with Gasteiger partial charge in [0.25, 0.3) is 5.91 Å². The molecule has 130 valence electrons. The monoisotopic (exact) mass is 339 g/mol. The molecule has 5 heteroatoms. The molecule has 1 amide bonds. The highest BCUT2D eigenvalue weighted by molar-refractivity contribution is 6.08. The third-order valence-corrected chi connectivity index (χ3v) is 4.32. The van der Waals surface area contributed by atoms with Crippen LogP contribution in [0.2, 0.25) is 0 Å². The number of carbonyl (C=O) groups is 2. The summed E-state index contributed by atoms with van der Waals surface area (Å²) >= 11 is 0. The molecule has 1 heterocycles. The van der Waals surface area contributed by atoms with E-state index in [9.17, 15) is 14.7 Å². The van der Waals surface area contributed by atoms with Gasteiger partial charge in [0.1, 0.15) is 11.5 Å². The lowest BCUT2D eigenvalue weighted by molar-refractivity contribution is -0.141. The van der Waals surface area contributed by atoms with Gasteiger partial charge in [0, 0.05) is 12.0 Å². The van der Waals surface area contributed by atoms with Crippen LogP contribution in [0.4, 0.5) is 5.69 Å². The Labute approximate surface area is 146 Å². The fraction of sp³-hybridized carbons (Fsp3) is 0.300. The minimum atomic E-state index is -1.78. The molecular weight excluding hydrogens is 318 g/mol. The zero-order valence-electron chi connectivity index (χ0n) is 14.4. The Morgan fingerprint density at radius 2 is 1.84 bits per heavy atom. The first-order valence-corrected chi connectivity index (χ1v) is 8.30. The van der Waals surface area contributed by atoms with Crippen molar-refractivity contribution in [2.45, 2.75) is 32.4 Å². The van der Waals surface area contributed by atoms with Crippen LogP contribution in [0.1, 0.15) is 31.4 Å². The summed E-state index contributed by atoms with van der Waals surface area (Å²) in [5.41, 5.74) is 0.262. The molecule has 2 aromatic rings. The summed E-state index contributed by atoms with van der Waals surface area (Å²) in [4.78, 5) is 26.0. The van der Waals surface area contributed by atoms with E-state index < -0.39 is 11.5 Å². The Bertz CT molecular complexity index is 800. The van der Waals surface area contributed by atoms with Gasteiger partial charge in [-0.25, -0.2) is 0 Å². The fourth-order valence-electron chi connectivity index (χ4n) is 3.24. The Morgan fingerprint density at radius 1 is 1.16 bits per heavy atom. The number of hydrogen-bond acceptors (Lipinski definition) is 4. The van der Waals surface area contributed by atoms with E-state index in [-0.39, 0.29) is 12.2 Å². The Morgan fingerprint density at radius 3 is 2.48 bits per heavy atom. The third kappa shape index (κ3) is 3.15. The molecule has 0 aliphatic carbocycles. The first kappa shape index (κ1) is 17.2. The van der Waals surface area contributed by atoms with Gasteiger partial charge in [0.15, 0.2) is 5.60 Å². The van der Waals surface area contributed by atoms with Crippen molar-refractivity contribution in [2.24, 2.45) is 0 Å². The minimum absolute atomic E-state index is 0.220. The summed E-state index contributed by atoms with van der Waals surface area (Å²) in [7, 11) is 0. The molecule has 3 rings (SSSR count). The van der Waals surface area contributed by atoms with Crippen LogP contribution < -0.4 is 9.64 Å². The summed E-state index contributed by atoms with van der Waals surface area (Å²) in [5, 5.41) is 10.9. The molecule has 2 aromatic carbocycles. The number of carbonyl (C=O) groups excluding carboxylic acids is 2. The Balaban J connectivity index is 1.91. The summed E-state index contributed by atoms with van der Waals surface area (Å²) in [5.74, 6) is 0.0823. The predicted octanol–water partition coefficient (Wildman–Crippen LogP) is 2.80. The molecule has 0 saturated heterocycles. The lowest BCUT2D eigenvalue weighted by atomic mass is 9.90. The number of benzene rings is 2. The molecule has 0 fully saturated rings. The number of ketones is 1. The summed E-state index contributed by atoms with van der Waals surface area (Å²) < 4.78 is 5.43. The van der Waals surface area contributed by atoms with Gasteiger partial charge < -0.3 is 14.7 Å². The second-order valence-corrected chi connectivity index (χ2v) is 6.22. The van der Waals surface area contributed by atoms with Crippen molar-refractivity contribution >= 4 is 17.4 Å². The van der Waals surface area contributed by atoms with Crippen molar-refractivity contribution in [1.82, 2.24) is 0 Å². The van der Waals surface area contributed by atoms with Crippen LogP contribution in [0.3, 0.4) is 0 Å². The van der Waals surface area contributed by atoms with E-state index in [1.54, 1.807) is 18.2 Å². The Hall–Kier alpha value is -2.66. The molecule has 5 nitrogen and oxygen atoms in total. The van der Waals surface area contributed by atoms with Crippen LogP contribution in [0.25, 0.3) is 0 Å². The molecule has 1 aliphatic heterocycles. The molecule has 25 heavy (non-hydrogen) atoms. The quantitative estimate of drug-likeness (QED) is 0.879. The van der Waals surface area contributed by atoms with Crippen LogP contribution >= 0.6 is 0 Å². The maximum absolute atomic E-state index is 12.9. The zero-order chi connectivity index (χ0) is 18.0. The molecule has 1 aliphatic rings. The van der Waals surface area contributed by atoms with Gasteiger partial charge >= 0.3 is 0 Å². The molecule has 1 atom stereocenters. The molecule has 0 spiro atoms. The predicted molar refractivity (Wildman–Crippen MR) is 94.4 cm³/mol. The zero-order valence-corrected chi connectivity index (χ0v) is 14.4. The molecule has 0 aromatic heterocycles. The number of nitrogens with zero attached hydrogens (tertiary/aromatic N) is 1. The van der Waals surface area contributed by atoms with E-state index >= 15 is 0 Å². The first-order valence-electron chi connectivity index (χ1n) is 8.30. The number of ether oxygens (including phenoxy) is 1. The smallest absolute Gasteiger partial charge is 0.264 e. The SMILES string of the molecule is CCOc1ccc(CN2C(=O)C(O)(CC(C)=O)c3ccccc32)cc1. The molecular formula is C20H21NO4. The number of hydrogen-bond donors (Lipinski definition) is 1. The number of amides is 1. The van der Waals surface area contributed by atoms with Gasteiger partial charge in [0.05, 0.1) is 18.8 Å². The second-order valence-electron chi connectivity index (χ2n) is 6.22. The molecule has 1 unspecified atom stereocenters. The molecule has 0 radical (unpaired) electrons. The van der Waals surface area contributed by atoms with Crippen molar-refractivity contribution in [3.05, 3.63) is 59.7 Å². The third-order valence-electron chi connectivity index (χ3n) is 4.32. The number of anilines is 1. The normalized spacial score (nSPS) is 19.0. The topological polar surface area (TPSA) is 66.8 Å². The van der Waals surface area contributed by atoms with E-state index in [0.29, 0.717) is 24.4 Å². The van der Waals surface area contributed by atoms with Crippen molar-refractivity contribution < 1.29 is 19.4 Å². The van der Waals surface area contributed by atoms with Gasteiger partial charge in [-0.15, -0.1) is 0 Å². The van der Waals surface area contributed by atoms with Crippen molar-refractivity contribution in [3.63, 3.8) is 0 Å². The number of Topliss-reactive ketones (excluding diaryl/α,β-unsaturated/α-hetero) is 1. The van der Waals surface area contributed by atoms with Crippen molar-refractivity contribution in [1.29, 1.82) is 0 Å². The van der Waals surface area contributed by atoms with Crippen LogP contribution in [0, 0.1) is 0 Å². The van der Waals surface area contributed by atoms with Gasteiger partial charge in [-0.05, 0) is 37.6 Å². The molecule has 1 N–H and O–H groups in total. The summed E-state index contributed by atoms with van der Waals surface area (Å²) in [6, 6.07) is 14.6. The van der Waals surface area contributed by atoms with E-state index in [4.69, 9.17) is 4.74 Å². The average molecular weight is 339 g/mol. The van der Waals surface area contributed by atoms with Crippen LogP contribution in [0.15, 0.2) is 48.5 Å². The minimum Gasteiger partial charge on any atom is -0.494 e. The van der Waals surface area contributed by atoms with Crippen molar-refractivity contribution in [3.8, 4) is 5.75 Å². The number of aliphatic hydroxyl groups is 1. The highest BCUT2D eigenvalue weighted by Gasteiger charge is 2.50. The van der Waals surface area contributed by atoms with Crippen LogP contribution in [-0.4, -0.2) is 23.4 Å². The Kier molecular flexibility index (Phi) is 4.59. The summed E-state index contributed by atoms with van der Waals surface area (Å²) in [6.07, 6.45) is -0.220. The van der Waals surface area contributed by atoms with Gasteiger partial charge in [0.2, 0.25) is 0 Å². The molecule has 0 saturated carbocycles. The van der Waals surface area contributed by atoms with E-state index in [1.807, 2.05) is 37.3 Å². The lowest BCUT2D eigenvalue weighted by Gasteiger charge is -2.22. The van der Waals surface area contributed by atoms with Gasteiger partial charge in [-0.2, -0.15) is 0 Å². The molecule has 0 bridgehead atoms.